The first-order chi connectivity index (χ1) is 9.89. The van der Waals surface area contributed by atoms with Crippen LogP contribution in [0.4, 0.5) is 0 Å². The van der Waals surface area contributed by atoms with Crippen LogP contribution in [-0.2, 0) is 9.59 Å². The summed E-state index contributed by atoms with van der Waals surface area (Å²) in [5.74, 6) is -0.828. The molecule has 114 valence electrons. The highest BCUT2D eigenvalue weighted by molar-refractivity contribution is 5.78. The summed E-state index contributed by atoms with van der Waals surface area (Å²) in [7, 11) is 0. The topological polar surface area (TPSA) is 70.5 Å². The Hall–Kier alpha value is -1.91. The summed E-state index contributed by atoms with van der Waals surface area (Å²) in [5.41, 5.74) is 0.532. The van der Waals surface area contributed by atoms with Gasteiger partial charge in [0.05, 0.1) is 12.5 Å². The Morgan fingerprint density at radius 3 is 2.81 bits per heavy atom. The lowest BCUT2D eigenvalue weighted by Gasteiger charge is -2.29. The summed E-state index contributed by atoms with van der Waals surface area (Å²) in [6.45, 7) is 4.39. The maximum atomic E-state index is 12.5. The smallest absolute Gasteiger partial charge is 0.303 e. The highest BCUT2D eigenvalue weighted by Crippen LogP contribution is 2.34. The molecule has 1 N–H and O–H groups in total. The largest absolute Gasteiger partial charge is 0.481 e. The fourth-order valence-corrected chi connectivity index (χ4v) is 2.97. The number of pyridine rings is 1. The van der Waals surface area contributed by atoms with E-state index in [0.29, 0.717) is 0 Å². The van der Waals surface area contributed by atoms with Crippen LogP contribution in [0.25, 0.3) is 0 Å². The van der Waals surface area contributed by atoms with Crippen LogP contribution in [0.15, 0.2) is 24.5 Å². The molecule has 1 amide bonds. The van der Waals surface area contributed by atoms with E-state index in [4.69, 9.17) is 5.11 Å². The number of amides is 1. The first kappa shape index (κ1) is 15.5. The van der Waals surface area contributed by atoms with E-state index in [1.807, 2.05) is 30.9 Å². The van der Waals surface area contributed by atoms with Crippen LogP contribution in [0.1, 0.15) is 51.1 Å². The van der Waals surface area contributed by atoms with Crippen LogP contribution >= 0.6 is 0 Å². The number of aliphatic carboxylic acids is 1. The van der Waals surface area contributed by atoms with E-state index in [0.717, 1.165) is 24.9 Å². The lowest BCUT2D eigenvalue weighted by atomic mass is 9.85. The summed E-state index contributed by atoms with van der Waals surface area (Å²) in [4.78, 5) is 29.4. The van der Waals surface area contributed by atoms with Crippen molar-refractivity contribution in [3.05, 3.63) is 30.1 Å². The minimum absolute atomic E-state index is 0.00411. The first-order valence-electron chi connectivity index (χ1n) is 7.30. The molecule has 1 unspecified atom stereocenters. The lowest BCUT2D eigenvalue weighted by molar-refractivity contribution is -0.141. The zero-order chi connectivity index (χ0) is 15.5. The molecule has 1 saturated heterocycles. The van der Waals surface area contributed by atoms with Gasteiger partial charge in [-0.15, -0.1) is 0 Å². The third-order valence-corrected chi connectivity index (χ3v) is 3.90. The lowest BCUT2D eigenvalue weighted by Crippen LogP contribution is -2.34. The molecule has 2 heterocycles. The highest BCUT2D eigenvalue weighted by Gasteiger charge is 2.34. The molecule has 21 heavy (non-hydrogen) atoms. The SMILES string of the molecule is CC(C)(CC(=O)O)CC(=O)N1CCCC1c1cccnc1. The molecule has 1 atom stereocenters. The minimum Gasteiger partial charge on any atom is -0.481 e. The molecule has 5 nitrogen and oxygen atoms in total. The number of carboxylic acids is 1. The second kappa shape index (κ2) is 6.24. The molecule has 0 aliphatic carbocycles. The second-order valence-corrected chi connectivity index (χ2v) is 6.44. The van der Waals surface area contributed by atoms with Gasteiger partial charge in [0.25, 0.3) is 0 Å². The van der Waals surface area contributed by atoms with Crippen molar-refractivity contribution in [2.75, 3.05) is 6.54 Å². The van der Waals surface area contributed by atoms with Gasteiger partial charge in [0.1, 0.15) is 0 Å². The van der Waals surface area contributed by atoms with Crippen LogP contribution in [0.5, 0.6) is 0 Å². The molecule has 0 aromatic carbocycles. The van der Waals surface area contributed by atoms with Gasteiger partial charge in [-0.05, 0) is 29.9 Å². The van der Waals surface area contributed by atoms with Crippen molar-refractivity contribution in [3.63, 3.8) is 0 Å². The standard InChI is InChI=1S/C16H22N2O3/c1-16(2,10-15(20)21)9-14(19)18-8-4-6-13(18)12-5-3-7-17-11-12/h3,5,7,11,13H,4,6,8-10H2,1-2H3,(H,20,21). The van der Waals surface area contributed by atoms with Gasteiger partial charge in [0.15, 0.2) is 0 Å². The van der Waals surface area contributed by atoms with Crippen LogP contribution < -0.4 is 0 Å². The van der Waals surface area contributed by atoms with E-state index in [1.165, 1.54) is 0 Å². The van der Waals surface area contributed by atoms with Crippen LogP contribution in [0, 0.1) is 5.41 Å². The molecule has 1 aliphatic rings. The third kappa shape index (κ3) is 4.03. The van der Waals surface area contributed by atoms with Crippen molar-refractivity contribution < 1.29 is 14.7 Å². The Bertz CT molecular complexity index is 514. The van der Waals surface area contributed by atoms with E-state index >= 15 is 0 Å². The van der Waals surface area contributed by atoms with Crippen molar-refractivity contribution >= 4 is 11.9 Å². The van der Waals surface area contributed by atoms with Crippen molar-refractivity contribution in [2.24, 2.45) is 5.41 Å². The van der Waals surface area contributed by atoms with Gasteiger partial charge in [-0.25, -0.2) is 0 Å². The fourth-order valence-electron chi connectivity index (χ4n) is 2.97. The Morgan fingerprint density at radius 2 is 2.19 bits per heavy atom. The second-order valence-electron chi connectivity index (χ2n) is 6.44. The number of carbonyl (C=O) groups excluding carboxylic acids is 1. The number of hydrogen-bond donors (Lipinski definition) is 1. The molecule has 1 aromatic heterocycles. The quantitative estimate of drug-likeness (QED) is 0.905. The summed E-state index contributed by atoms with van der Waals surface area (Å²) in [6.07, 6.45) is 5.71. The minimum atomic E-state index is -0.863. The Balaban J connectivity index is 2.06. The number of nitrogens with zero attached hydrogens (tertiary/aromatic N) is 2. The molecule has 0 radical (unpaired) electrons. The molecule has 1 aromatic rings. The molecule has 0 bridgehead atoms. The van der Waals surface area contributed by atoms with Gasteiger partial charge < -0.3 is 10.0 Å². The molecule has 5 heteroatoms. The van der Waals surface area contributed by atoms with E-state index < -0.39 is 11.4 Å². The van der Waals surface area contributed by atoms with Gasteiger partial charge in [0.2, 0.25) is 5.91 Å². The monoisotopic (exact) mass is 290 g/mol. The molecular weight excluding hydrogens is 268 g/mol. The molecule has 1 aliphatic heterocycles. The van der Waals surface area contributed by atoms with Gasteiger partial charge in [-0.3, -0.25) is 14.6 Å². The Kier molecular flexibility index (Phi) is 4.60. The molecule has 2 rings (SSSR count). The predicted octanol–water partition coefficient (Wildman–Crippen LogP) is 2.64. The zero-order valence-electron chi connectivity index (χ0n) is 12.6. The van der Waals surface area contributed by atoms with Gasteiger partial charge in [-0.2, -0.15) is 0 Å². The Labute approximate surface area is 125 Å². The maximum absolute atomic E-state index is 12.5. The number of carboxylic acid groups (broad SMARTS) is 1. The number of hydrogen-bond acceptors (Lipinski definition) is 3. The van der Waals surface area contributed by atoms with Gasteiger partial charge in [0, 0.05) is 25.4 Å². The van der Waals surface area contributed by atoms with Gasteiger partial charge >= 0.3 is 5.97 Å². The molecule has 0 saturated carbocycles. The highest BCUT2D eigenvalue weighted by atomic mass is 16.4. The number of likely N-dealkylation sites (tertiary alicyclic amines) is 1. The first-order valence-corrected chi connectivity index (χ1v) is 7.30. The van der Waals surface area contributed by atoms with Crippen molar-refractivity contribution in [1.82, 2.24) is 9.88 Å². The molecule has 0 spiro atoms. The van der Waals surface area contributed by atoms with E-state index in [2.05, 4.69) is 4.98 Å². The summed E-state index contributed by atoms with van der Waals surface area (Å²) in [6, 6.07) is 3.95. The van der Waals surface area contributed by atoms with Gasteiger partial charge in [-0.1, -0.05) is 19.9 Å². The maximum Gasteiger partial charge on any atom is 0.303 e. The third-order valence-electron chi connectivity index (χ3n) is 3.90. The molecule has 1 fully saturated rings. The van der Waals surface area contributed by atoms with Crippen molar-refractivity contribution in [3.8, 4) is 0 Å². The summed E-state index contributed by atoms with van der Waals surface area (Å²) in [5, 5.41) is 8.92. The van der Waals surface area contributed by atoms with E-state index in [9.17, 15) is 9.59 Å². The van der Waals surface area contributed by atoms with Crippen LogP contribution in [-0.4, -0.2) is 33.4 Å². The average molecular weight is 290 g/mol. The van der Waals surface area contributed by atoms with E-state index in [-0.39, 0.29) is 24.8 Å². The van der Waals surface area contributed by atoms with Crippen molar-refractivity contribution in [1.29, 1.82) is 0 Å². The van der Waals surface area contributed by atoms with Crippen LogP contribution in [0.3, 0.4) is 0 Å². The zero-order valence-corrected chi connectivity index (χ0v) is 12.6. The normalized spacial score (nSPS) is 18.8. The average Bonchev–Trinajstić information content (AvgIpc) is 2.86. The summed E-state index contributed by atoms with van der Waals surface area (Å²) >= 11 is 0. The predicted molar refractivity (Wildman–Crippen MR) is 78.6 cm³/mol. The fraction of sp³-hybridized carbons (Fsp3) is 0.562. The van der Waals surface area contributed by atoms with Crippen LogP contribution in [0.2, 0.25) is 0 Å². The number of aromatic nitrogens is 1. The van der Waals surface area contributed by atoms with Crippen molar-refractivity contribution in [2.45, 2.75) is 45.6 Å². The molecular formula is C16H22N2O3. The Morgan fingerprint density at radius 1 is 1.43 bits per heavy atom. The number of rotatable bonds is 5. The van der Waals surface area contributed by atoms with E-state index in [1.54, 1.807) is 12.4 Å². The summed E-state index contributed by atoms with van der Waals surface area (Å²) < 4.78 is 0. The number of carbonyl (C=O) groups is 2.